The number of rotatable bonds is 9. The third kappa shape index (κ3) is 8.29. The molecule has 0 aliphatic carbocycles. The number of amides is 1. The number of nitro benzene ring substituents is 1. The minimum absolute atomic E-state index is 0.0334. The van der Waals surface area contributed by atoms with Crippen LogP contribution in [0.4, 0.5) is 32.0 Å². The lowest BCUT2D eigenvalue weighted by molar-refractivity contribution is -0.384. The normalized spacial score (nSPS) is 11.7. The number of aromatic nitrogens is 1. The lowest BCUT2D eigenvalue weighted by Crippen LogP contribution is -2.26. The molecular weight excluding hydrogens is 488 g/mol. The Morgan fingerprint density at radius 3 is 2.30 bits per heavy atom. The molecule has 1 aromatic carbocycles. The maximum atomic E-state index is 13.0. The first-order chi connectivity index (χ1) is 15.3. The van der Waals surface area contributed by atoms with Gasteiger partial charge < -0.3 is 14.8 Å². The first-order valence-corrected chi connectivity index (χ1v) is 9.28. The molecule has 2 aromatic rings. The van der Waals surface area contributed by atoms with Crippen LogP contribution in [0.25, 0.3) is 0 Å². The van der Waals surface area contributed by atoms with Crippen molar-refractivity contribution in [1.82, 2.24) is 10.3 Å². The highest BCUT2D eigenvalue weighted by Crippen LogP contribution is 2.33. The number of ether oxygens (including phenoxy) is 2. The lowest BCUT2D eigenvalue weighted by atomic mass is 10.2. The van der Waals surface area contributed by atoms with Crippen molar-refractivity contribution in [3.63, 3.8) is 0 Å². The maximum absolute atomic E-state index is 13.0. The van der Waals surface area contributed by atoms with E-state index in [0.29, 0.717) is 12.1 Å². The summed E-state index contributed by atoms with van der Waals surface area (Å²) < 4.78 is 85.0. The fourth-order valence-corrected chi connectivity index (χ4v) is 2.50. The van der Waals surface area contributed by atoms with Crippen molar-refractivity contribution in [3.05, 3.63) is 56.6 Å². The van der Waals surface area contributed by atoms with Crippen LogP contribution >= 0.6 is 11.6 Å². The smallest absolute Gasteiger partial charge is 0.422 e. The third-order valence-electron chi connectivity index (χ3n) is 3.75. The average Bonchev–Trinajstić information content (AvgIpc) is 2.70. The summed E-state index contributed by atoms with van der Waals surface area (Å²) in [6.45, 7) is -2.17. The molecule has 1 aromatic heterocycles. The van der Waals surface area contributed by atoms with Crippen LogP contribution in [0.5, 0.6) is 11.8 Å². The monoisotopic (exact) mass is 501 g/mol. The van der Waals surface area contributed by atoms with E-state index in [1.165, 1.54) is 6.07 Å². The third-order valence-corrected chi connectivity index (χ3v) is 4.08. The van der Waals surface area contributed by atoms with Gasteiger partial charge in [-0.2, -0.15) is 31.3 Å². The Labute approximate surface area is 186 Å². The Morgan fingerprint density at radius 2 is 1.73 bits per heavy atom. The van der Waals surface area contributed by atoms with Gasteiger partial charge in [-0.25, -0.2) is 0 Å². The van der Waals surface area contributed by atoms with E-state index in [9.17, 15) is 41.3 Å². The molecule has 0 aliphatic heterocycles. The van der Waals surface area contributed by atoms with Crippen molar-refractivity contribution in [2.75, 3.05) is 19.8 Å². The molecule has 1 heterocycles. The molecule has 15 heteroatoms. The molecule has 0 bridgehead atoms. The number of hydrogen-bond donors (Lipinski definition) is 1. The molecule has 0 saturated heterocycles. The number of nitrogens with zero attached hydrogens (tertiary/aromatic N) is 2. The van der Waals surface area contributed by atoms with Gasteiger partial charge in [-0.05, 0) is 12.5 Å². The van der Waals surface area contributed by atoms with Crippen molar-refractivity contribution < 1.29 is 45.5 Å². The van der Waals surface area contributed by atoms with Crippen molar-refractivity contribution in [2.24, 2.45) is 0 Å². The lowest BCUT2D eigenvalue weighted by Gasteiger charge is -2.14. The van der Waals surface area contributed by atoms with E-state index in [0.717, 1.165) is 12.1 Å². The molecular formula is C18H14ClF6N3O5. The average molecular weight is 502 g/mol. The number of non-ortho nitro benzene ring substituents is 1. The SMILES string of the molecule is O=C(NCCCOc1cc(C(F)(F)F)cc(OCC(F)(F)F)n1)c1cc([N+](=O)[O-])ccc1Cl. The summed E-state index contributed by atoms with van der Waals surface area (Å²) in [5.41, 5.74) is -1.83. The predicted molar refractivity (Wildman–Crippen MR) is 101 cm³/mol. The molecule has 0 unspecified atom stereocenters. The van der Waals surface area contributed by atoms with Gasteiger partial charge in [-0.3, -0.25) is 14.9 Å². The second-order valence-corrected chi connectivity index (χ2v) is 6.72. The topological polar surface area (TPSA) is 104 Å². The molecule has 0 aliphatic rings. The summed E-state index contributed by atoms with van der Waals surface area (Å²) in [4.78, 5) is 25.7. The molecule has 0 spiro atoms. The second kappa shape index (κ2) is 10.6. The Hall–Kier alpha value is -3.29. The molecule has 0 fully saturated rings. The van der Waals surface area contributed by atoms with E-state index in [2.05, 4.69) is 15.0 Å². The summed E-state index contributed by atoms with van der Waals surface area (Å²) >= 11 is 5.85. The van der Waals surface area contributed by atoms with Crippen molar-refractivity contribution in [2.45, 2.75) is 18.8 Å². The van der Waals surface area contributed by atoms with Gasteiger partial charge in [0, 0.05) is 30.8 Å². The van der Waals surface area contributed by atoms with E-state index >= 15 is 0 Å². The van der Waals surface area contributed by atoms with Gasteiger partial charge in [0.05, 0.1) is 27.7 Å². The van der Waals surface area contributed by atoms with Gasteiger partial charge in [-0.1, -0.05) is 11.6 Å². The molecule has 33 heavy (non-hydrogen) atoms. The fourth-order valence-electron chi connectivity index (χ4n) is 2.30. The van der Waals surface area contributed by atoms with Crippen LogP contribution in [-0.4, -0.2) is 41.7 Å². The Bertz CT molecular complexity index is 1020. The van der Waals surface area contributed by atoms with Gasteiger partial charge in [0.1, 0.15) is 0 Å². The van der Waals surface area contributed by atoms with Gasteiger partial charge in [0.15, 0.2) is 6.61 Å². The van der Waals surface area contributed by atoms with E-state index in [-0.39, 0.29) is 35.8 Å². The van der Waals surface area contributed by atoms with E-state index in [1.54, 1.807) is 0 Å². The molecule has 8 nitrogen and oxygen atoms in total. The molecule has 1 N–H and O–H groups in total. The van der Waals surface area contributed by atoms with Crippen LogP contribution in [-0.2, 0) is 6.18 Å². The largest absolute Gasteiger partial charge is 0.477 e. The van der Waals surface area contributed by atoms with Crippen LogP contribution in [0, 0.1) is 10.1 Å². The van der Waals surface area contributed by atoms with Crippen molar-refractivity contribution in [1.29, 1.82) is 0 Å². The summed E-state index contributed by atoms with van der Waals surface area (Å²) in [5.74, 6) is -2.29. The molecule has 0 radical (unpaired) electrons. The Morgan fingerprint density at radius 1 is 1.09 bits per heavy atom. The first kappa shape index (κ1) is 26.0. The zero-order valence-electron chi connectivity index (χ0n) is 16.3. The zero-order valence-corrected chi connectivity index (χ0v) is 17.1. The number of benzene rings is 1. The number of carbonyl (C=O) groups is 1. The van der Waals surface area contributed by atoms with Gasteiger partial charge in [-0.15, -0.1) is 0 Å². The molecule has 0 atom stereocenters. The number of nitro groups is 1. The molecule has 180 valence electrons. The number of nitrogens with one attached hydrogen (secondary N) is 1. The van der Waals surface area contributed by atoms with Crippen LogP contribution in [0.1, 0.15) is 22.3 Å². The van der Waals surface area contributed by atoms with Crippen molar-refractivity contribution >= 4 is 23.2 Å². The van der Waals surface area contributed by atoms with E-state index < -0.39 is 47.1 Å². The van der Waals surface area contributed by atoms with Crippen LogP contribution < -0.4 is 14.8 Å². The number of hydrogen-bond acceptors (Lipinski definition) is 6. The highest BCUT2D eigenvalue weighted by Gasteiger charge is 2.33. The minimum Gasteiger partial charge on any atom is -0.477 e. The standard InChI is InChI=1S/C18H14ClF6N3O5/c19-13-3-2-11(28(30)31)8-12(13)16(29)26-4-1-5-32-14-6-10(18(23,24)25)7-15(27-14)33-9-17(20,21)22/h2-3,6-8H,1,4-5,9H2,(H,26,29). The number of alkyl halides is 6. The quantitative estimate of drug-likeness (QED) is 0.229. The van der Waals surface area contributed by atoms with Crippen LogP contribution in [0.2, 0.25) is 5.02 Å². The fraction of sp³-hybridized carbons (Fsp3) is 0.333. The number of carbonyl (C=O) groups excluding carboxylic acids is 1. The van der Waals surface area contributed by atoms with Crippen LogP contribution in [0.3, 0.4) is 0 Å². The summed E-state index contributed by atoms with van der Waals surface area (Å²) in [6, 6.07) is 4.06. The number of halogens is 7. The minimum atomic E-state index is -4.89. The first-order valence-electron chi connectivity index (χ1n) is 8.90. The summed E-state index contributed by atoms with van der Waals surface area (Å²) in [7, 11) is 0. The summed E-state index contributed by atoms with van der Waals surface area (Å²) in [5, 5.41) is 13.2. The molecule has 2 rings (SSSR count). The highest BCUT2D eigenvalue weighted by molar-refractivity contribution is 6.33. The van der Waals surface area contributed by atoms with Gasteiger partial charge >= 0.3 is 12.4 Å². The highest BCUT2D eigenvalue weighted by atomic mass is 35.5. The second-order valence-electron chi connectivity index (χ2n) is 6.31. The molecule has 1 amide bonds. The predicted octanol–water partition coefficient (Wildman–Crippen LogP) is 4.80. The number of pyridine rings is 1. The Balaban J connectivity index is 1.95. The van der Waals surface area contributed by atoms with E-state index in [4.69, 9.17) is 16.3 Å². The van der Waals surface area contributed by atoms with Crippen LogP contribution in [0.15, 0.2) is 30.3 Å². The summed E-state index contributed by atoms with van der Waals surface area (Å²) in [6.07, 6.45) is -9.62. The maximum Gasteiger partial charge on any atom is 0.422 e. The van der Waals surface area contributed by atoms with Gasteiger partial charge in [0.2, 0.25) is 11.8 Å². The molecule has 0 saturated carbocycles. The Kier molecular flexibility index (Phi) is 8.30. The van der Waals surface area contributed by atoms with E-state index in [1.807, 2.05) is 0 Å². The van der Waals surface area contributed by atoms with Crippen molar-refractivity contribution in [3.8, 4) is 11.8 Å². The zero-order chi connectivity index (χ0) is 24.8. The van der Waals surface area contributed by atoms with Gasteiger partial charge in [0.25, 0.3) is 11.6 Å².